The second kappa shape index (κ2) is 11.3. The number of ether oxygens (including phenoxy) is 3. The highest BCUT2D eigenvalue weighted by Gasteiger charge is 2.36. The molecule has 0 radical (unpaired) electrons. The van der Waals surface area contributed by atoms with E-state index in [4.69, 9.17) is 31.5 Å². The van der Waals surface area contributed by atoms with E-state index in [9.17, 15) is 28.0 Å². The second-order valence-corrected chi connectivity index (χ2v) is 8.13. The van der Waals surface area contributed by atoms with Crippen LogP contribution in [0.25, 0.3) is 0 Å². The van der Waals surface area contributed by atoms with Gasteiger partial charge in [-0.25, -0.2) is 4.79 Å². The van der Waals surface area contributed by atoms with E-state index < -0.39 is 36.1 Å². The summed E-state index contributed by atoms with van der Waals surface area (Å²) in [6.07, 6.45) is -4.55. The summed E-state index contributed by atoms with van der Waals surface area (Å²) >= 11 is 6.34. The number of amides is 1. The summed E-state index contributed by atoms with van der Waals surface area (Å²) < 4.78 is 54.5. The van der Waals surface area contributed by atoms with Crippen molar-refractivity contribution in [3.8, 4) is 11.8 Å². The maximum absolute atomic E-state index is 12.9. The van der Waals surface area contributed by atoms with Gasteiger partial charge in [-0.2, -0.15) is 18.4 Å². The quantitative estimate of drug-likeness (QED) is 0.477. The Morgan fingerprint density at radius 3 is 2.59 bits per heavy atom. The van der Waals surface area contributed by atoms with E-state index in [1.165, 1.54) is 37.3 Å². The number of anilines is 1. The summed E-state index contributed by atoms with van der Waals surface area (Å²) in [5.74, 6) is -2.23. The van der Waals surface area contributed by atoms with Crippen molar-refractivity contribution in [3.63, 3.8) is 0 Å². The maximum atomic E-state index is 12.9. The number of rotatable bonds is 7. The topological polar surface area (TPSA) is 124 Å². The molecule has 0 fully saturated rings. The van der Waals surface area contributed by atoms with E-state index >= 15 is 0 Å². The number of halogens is 4. The molecule has 1 unspecified atom stereocenters. The van der Waals surface area contributed by atoms with Crippen molar-refractivity contribution in [2.24, 2.45) is 5.73 Å². The first kappa shape index (κ1) is 27.4. The minimum absolute atomic E-state index is 0.0150. The molecule has 12 heteroatoms. The molecule has 1 aliphatic rings. The maximum Gasteiger partial charge on any atom is 0.416 e. The number of nitrogens with two attached hydrogens (primary N) is 1. The Labute approximate surface area is 215 Å². The molecule has 1 amide bonds. The minimum atomic E-state index is -4.55. The van der Waals surface area contributed by atoms with Crippen molar-refractivity contribution in [2.45, 2.75) is 25.9 Å². The first-order chi connectivity index (χ1) is 17.5. The zero-order valence-corrected chi connectivity index (χ0v) is 20.4. The van der Waals surface area contributed by atoms with Gasteiger partial charge in [0.15, 0.2) is 6.61 Å². The molecule has 8 nitrogen and oxygen atoms in total. The number of carbonyl (C=O) groups excluding carboxylic acids is 2. The van der Waals surface area contributed by atoms with Crippen molar-refractivity contribution in [3.05, 3.63) is 81.4 Å². The number of esters is 1. The zero-order valence-electron chi connectivity index (χ0n) is 19.6. The van der Waals surface area contributed by atoms with Crippen LogP contribution in [0.3, 0.4) is 0 Å². The Morgan fingerprint density at radius 1 is 1.24 bits per heavy atom. The first-order valence-electron chi connectivity index (χ1n) is 10.8. The molecule has 0 saturated carbocycles. The van der Waals surface area contributed by atoms with Gasteiger partial charge in [0, 0.05) is 5.69 Å². The molecule has 1 atom stereocenters. The lowest BCUT2D eigenvalue weighted by atomic mass is 9.83. The summed E-state index contributed by atoms with van der Waals surface area (Å²) in [4.78, 5) is 24.8. The highest BCUT2D eigenvalue weighted by molar-refractivity contribution is 6.32. The van der Waals surface area contributed by atoms with Gasteiger partial charge in [-0.05, 0) is 49.7 Å². The molecule has 0 saturated heterocycles. The third kappa shape index (κ3) is 6.34. The molecule has 194 valence electrons. The molecular formula is C25H21ClF3N3O5. The lowest BCUT2D eigenvalue weighted by Crippen LogP contribution is -2.25. The molecule has 3 N–H and O–H groups in total. The fourth-order valence-corrected chi connectivity index (χ4v) is 3.86. The van der Waals surface area contributed by atoms with E-state index in [0.29, 0.717) is 5.56 Å². The molecule has 1 aliphatic heterocycles. The number of hydrogen-bond donors (Lipinski definition) is 2. The normalized spacial score (nSPS) is 15.5. The van der Waals surface area contributed by atoms with Crippen molar-refractivity contribution in [2.75, 3.05) is 18.5 Å². The summed E-state index contributed by atoms with van der Waals surface area (Å²) in [6.45, 7) is 2.70. The monoisotopic (exact) mass is 535 g/mol. The van der Waals surface area contributed by atoms with E-state index in [-0.39, 0.29) is 45.9 Å². The number of hydrogen-bond acceptors (Lipinski definition) is 7. The van der Waals surface area contributed by atoms with Crippen LogP contribution in [0.4, 0.5) is 18.9 Å². The predicted octanol–water partition coefficient (Wildman–Crippen LogP) is 5.02. The Hall–Kier alpha value is -4.17. The SMILES string of the molecule is CCOC(=O)C1=C(C)OC(N)=C(C#N)C1c1ccc(OCC(=O)Nc2cccc(C(F)(F)F)c2)c(Cl)c1. The Morgan fingerprint density at radius 2 is 1.97 bits per heavy atom. The molecular weight excluding hydrogens is 515 g/mol. The third-order valence-corrected chi connectivity index (χ3v) is 5.52. The molecule has 0 aliphatic carbocycles. The number of carbonyl (C=O) groups is 2. The van der Waals surface area contributed by atoms with Crippen molar-refractivity contribution < 1.29 is 37.0 Å². The zero-order chi connectivity index (χ0) is 27.3. The first-order valence-corrected chi connectivity index (χ1v) is 11.2. The second-order valence-electron chi connectivity index (χ2n) is 7.72. The Balaban J connectivity index is 1.78. The van der Waals surface area contributed by atoms with Crippen LogP contribution in [0.5, 0.6) is 5.75 Å². The van der Waals surface area contributed by atoms with Crippen LogP contribution >= 0.6 is 11.6 Å². The summed E-state index contributed by atoms with van der Waals surface area (Å²) in [5, 5.41) is 12.0. The summed E-state index contributed by atoms with van der Waals surface area (Å²) in [7, 11) is 0. The molecule has 2 aromatic rings. The van der Waals surface area contributed by atoms with Gasteiger partial charge in [0.1, 0.15) is 23.2 Å². The largest absolute Gasteiger partial charge is 0.482 e. The molecule has 3 rings (SSSR count). The lowest BCUT2D eigenvalue weighted by Gasteiger charge is -2.27. The van der Waals surface area contributed by atoms with Gasteiger partial charge in [-0.15, -0.1) is 0 Å². The minimum Gasteiger partial charge on any atom is -0.482 e. The highest BCUT2D eigenvalue weighted by Crippen LogP contribution is 2.41. The van der Waals surface area contributed by atoms with Crippen LogP contribution in [-0.2, 0) is 25.2 Å². The lowest BCUT2D eigenvalue weighted by molar-refractivity contribution is -0.139. The average molecular weight is 536 g/mol. The number of allylic oxidation sites excluding steroid dienone is 2. The van der Waals surface area contributed by atoms with Crippen LogP contribution < -0.4 is 15.8 Å². The van der Waals surface area contributed by atoms with Gasteiger partial charge in [0.25, 0.3) is 5.91 Å². The Bertz CT molecular complexity index is 1330. The molecule has 0 aromatic heterocycles. The van der Waals surface area contributed by atoms with Crippen LogP contribution in [0, 0.1) is 11.3 Å². The van der Waals surface area contributed by atoms with E-state index in [1.54, 1.807) is 6.92 Å². The van der Waals surface area contributed by atoms with Crippen molar-refractivity contribution >= 4 is 29.2 Å². The standard InChI is InChI=1S/C25H21ClF3N3O5/c1-3-35-24(34)21-13(2)37-23(31)17(11-30)22(21)14-7-8-19(18(26)9-14)36-12-20(33)32-16-6-4-5-15(10-16)25(27,28)29/h4-10,22H,3,12,31H2,1-2H3,(H,32,33). The van der Waals surface area contributed by atoms with Crippen LogP contribution in [0.1, 0.15) is 30.9 Å². The number of benzene rings is 2. The highest BCUT2D eigenvalue weighted by atomic mass is 35.5. The molecule has 2 aromatic carbocycles. The third-order valence-electron chi connectivity index (χ3n) is 5.22. The van der Waals surface area contributed by atoms with Crippen LogP contribution in [-0.4, -0.2) is 25.1 Å². The van der Waals surface area contributed by atoms with Gasteiger partial charge in [0.2, 0.25) is 5.88 Å². The predicted molar refractivity (Wildman–Crippen MR) is 127 cm³/mol. The fourth-order valence-electron chi connectivity index (χ4n) is 3.62. The average Bonchev–Trinajstić information content (AvgIpc) is 2.82. The van der Waals surface area contributed by atoms with Crippen molar-refractivity contribution in [1.29, 1.82) is 5.26 Å². The van der Waals surface area contributed by atoms with Gasteiger partial charge in [-0.1, -0.05) is 23.7 Å². The number of nitriles is 1. The smallest absolute Gasteiger partial charge is 0.416 e. The molecule has 0 spiro atoms. The van der Waals surface area contributed by atoms with Crippen molar-refractivity contribution in [1.82, 2.24) is 0 Å². The van der Waals surface area contributed by atoms with E-state index in [2.05, 4.69) is 5.32 Å². The van der Waals surface area contributed by atoms with Crippen LogP contribution in [0.2, 0.25) is 5.02 Å². The number of nitrogens with zero attached hydrogens (tertiary/aromatic N) is 1. The fraction of sp³-hybridized carbons (Fsp3) is 0.240. The Kier molecular flexibility index (Phi) is 8.35. The number of alkyl halides is 3. The van der Waals surface area contributed by atoms with Gasteiger partial charge >= 0.3 is 12.1 Å². The van der Waals surface area contributed by atoms with E-state index in [0.717, 1.165) is 12.1 Å². The number of nitrogens with one attached hydrogen (secondary N) is 1. The molecule has 1 heterocycles. The van der Waals surface area contributed by atoms with Gasteiger partial charge in [0.05, 0.1) is 28.7 Å². The van der Waals surface area contributed by atoms with Gasteiger partial charge in [-0.3, -0.25) is 4.79 Å². The van der Waals surface area contributed by atoms with Gasteiger partial charge < -0.3 is 25.3 Å². The van der Waals surface area contributed by atoms with E-state index in [1.807, 2.05) is 6.07 Å². The van der Waals surface area contributed by atoms with Crippen LogP contribution in [0.15, 0.2) is 65.3 Å². The molecule has 37 heavy (non-hydrogen) atoms. The summed E-state index contributed by atoms with van der Waals surface area (Å²) in [5.41, 5.74) is 5.40. The molecule has 0 bridgehead atoms. The summed E-state index contributed by atoms with van der Waals surface area (Å²) in [6, 6.07) is 10.5.